The zero-order chi connectivity index (χ0) is 11.4. The van der Waals surface area contributed by atoms with E-state index in [2.05, 4.69) is 31.9 Å². The fourth-order valence-electron chi connectivity index (χ4n) is 1.27. The van der Waals surface area contributed by atoms with Gasteiger partial charge in [0.25, 0.3) is 5.91 Å². The summed E-state index contributed by atoms with van der Waals surface area (Å²) in [5.74, 6) is 0.0632. The van der Waals surface area contributed by atoms with Crippen molar-refractivity contribution in [2.24, 2.45) is 0 Å². The quantitative estimate of drug-likeness (QED) is 0.777. The van der Waals surface area contributed by atoms with Gasteiger partial charge in [0.2, 0.25) is 0 Å². The molecule has 0 radical (unpaired) electrons. The molecule has 0 saturated heterocycles. The Labute approximate surface area is 107 Å². The summed E-state index contributed by atoms with van der Waals surface area (Å²) in [6.07, 6.45) is 0. The van der Waals surface area contributed by atoms with Crippen LogP contribution in [0, 0.1) is 6.92 Å². The van der Waals surface area contributed by atoms with E-state index in [-0.39, 0.29) is 5.91 Å². The summed E-state index contributed by atoms with van der Waals surface area (Å²) in [7, 11) is 1.81. The van der Waals surface area contributed by atoms with E-state index in [4.69, 9.17) is 0 Å². The molecule has 1 aromatic rings. The molecule has 15 heavy (non-hydrogen) atoms. The lowest BCUT2D eigenvalue weighted by atomic mass is 10.1. The number of nitrogens with zero attached hydrogens (tertiary/aromatic N) is 1. The summed E-state index contributed by atoms with van der Waals surface area (Å²) < 4.78 is 0.973. The normalized spacial score (nSPS) is 10.1. The molecule has 0 unspecified atom stereocenters. The number of rotatable bonds is 3. The smallest absolute Gasteiger partial charge is 0.253 e. The molecule has 0 aromatic heterocycles. The molecule has 0 saturated carbocycles. The number of carbonyl (C=O) groups is 1. The standard InChI is InChI=1S/C11H13Br2NO/c1-8-9(4-3-5-10(8)13)11(15)14(2)7-6-12/h3-5H,6-7H2,1-2H3. The van der Waals surface area contributed by atoms with Crippen LogP contribution < -0.4 is 0 Å². The highest BCUT2D eigenvalue weighted by Gasteiger charge is 2.14. The van der Waals surface area contributed by atoms with Gasteiger partial charge in [-0.2, -0.15) is 0 Å². The minimum Gasteiger partial charge on any atom is -0.341 e. The van der Waals surface area contributed by atoms with Crippen molar-refractivity contribution in [1.29, 1.82) is 0 Å². The molecular weight excluding hydrogens is 322 g/mol. The van der Waals surface area contributed by atoms with Gasteiger partial charge in [0.05, 0.1) is 0 Å². The van der Waals surface area contributed by atoms with Gasteiger partial charge < -0.3 is 4.90 Å². The summed E-state index contributed by atoms with van der Waals surface area (Å²) >= 11 is 6.74. The van der Waals surface area contributed by atoms with Gasteiger partial charge in [0.15, 0.2) is 0 Å². The Hall–Kier alpha value is -0.350. The van der Waals surface area contributed by atoms with E-state index in [0.717, 1.165) is 20.9 Å². The lowest BCUT2D eigenvalue weighted by Gasteiger charge is -2.17. The molecule has 2 nitrogen and oxygen atoms in total. The van der Waals surface area contributed by atoms with Crippen LogP contribution in [0.15, 0.2) is 22.7 Å². The van der Waals surface area contributed by atoms with Crippen molar-refractivity contribution < 1.29 is 4.79 Å². The third kappa shape index (κ3) is 3.05. The second kappa shape index (κ2) is 5.66. The molecule has 0 aliphatic carbocycles. The Kier molecular flexibility index (Phi) is 4.80. The van der Waals surface area contributed by atoms with Gasteiger partial charge >= 0.3 is 0 Å². The average molecular weight is 335 g/mol. The zero-order valence-electron chi connectivity index (χ0n) is 8.76. The zero-order valence-corrected chi connectivity index (χ0v) is 11.9. The molecule has 0 atom stereocenters. The van der Waals surface area contributed by atoms with Crippen LogP contribution in [0.2, 0.25) is 0 Å². The molecule has 0 N–H and O–H groups in total. The Bertz CT molecular complexity index is 366. The second-order valence-electron chi connectivity index (χ2n) is 3.33. The summed E-state index contributed by atoms with van der Waals surface area (Å²) in [4.78, 5) is 13.7. The number of carbonyl (C=O) groups excluding carboxylic acids is 1. The topological polar surface area (TPSA) is 20.3 Å². The monoisotopic (exact) mass is 333 g/mol. The van der Waals surface area contributed by atoms with E-state index in [9.17, 15) is 4.79 Å². The van der Waals surface area contributed by atoms with Crippen LogP contribution in [0.3, 0.4) is 0 Å². The van der Waals surface area contributed by atoms with Gasteiger partial charge in [-0.05, 0) is 24.6 Å². The number of hydrogen-bond acceptors (Lipinski definition) is 1. The molecule has 0 fully saturated rings. The highest BCUT2D eigenvalue weighted by Crippen LogP contribution is 2.20. The highest BCUT2D eigenvalue weighted by atomic mass is 79.9. The SMILES string of the molecule is Cc1c(Br)cccc1C(=O)N(C)CCBr. The van der Waals surface area contributed by atoms with E-state index in [1.165, 1.54) is 0 Å². The molecule has 0 heterocycles. The summed E-state index contributed by atoms with van der Waals surface area (Å²) in [5, 5.41) is 0.794. The van der Waals surface area contributed by atoms with Crippen molar-refractivity contribution in [1.82, 2.24) is 4.90 Å². The average Bonchev–Trinajstić information content (AvgIpc) is 2.21. The van der Waals surface area contributed by atoms with Crippen molar-refractivity contribution in [3.05, 3.63) is 33.8 Å². The first kappa shape index (κ1) is 12.7. The number of benzene rings is 1. The minimum absolute atomic E-state index is 0.0632. The maximum atomic E-state index is 12.0. The van der Waals surface area contributed by atoms with Crippen molar-refractivity contribution in [2.75, 3.05) is 18.9 Å². The fourth-order valence-corrected chi connectivity index (χ4v) is 2.17. The summed E-state index contributed by atoms with van der Waals surface area (Å²) in [6, 6.07) is 5.68. The lowest BCUT2D eigenvalue weighted by Crippen LogP contribution is -2.29. The third-order valence-corrected chi connectivity index (χ3v) is 3.48. The van der Waals surface area contributed by atoms with Crippen LogP contribution >= 0.6 is 31.9 Å². The molecule has 0 bridgehead atoms. The molecule has 4 heteroatoms. The van der Waals surface area contributed by atoms with Crippen LogP contribution in [-0.4, -0.2) is 29.7 Å². The van der Waals surface area contributed by atoms with E-state index in [1.807, 2.05) is 32.2 Å². The summed E-state index contributed by atoms with van der Waals surface area (Å²) in [5.41, 5.74) is 1.75. The first-order valence-corrected chi connectivity index (χ1v) is 6.56. The van der Waals surface area contributed by atoms with Crippen LogP contribution in [-0.2, 0) is 0 Å². The number of hydrogen-bond donors (Lipinski definition) is 0. The van der Waals surface area contributed by atoms with Gasteiger partial charge in [-0.15, -0.1) is 0 Å². The van der Waals surface area contributed by atoms with E-state index < -0.39 is 0 Å². The van der Waals surface area contributed by atoms with Gasteiger partial charge in [0.1, 0.15) is 0 Å². The number of alkyl halides is 1. The molecule has 1 rings (SSSR count). The Morgan fingerprint density at radius 1 is 1.47 bits per heavy atom. The maximum Gasteiger partial charge on any atom is 0.253 e. The molecular formula is C11H13Br2NO. The van der Waals surface area contributed by atoms with Crippen molar-refractivity contribution >= 4 is 37.8 Å². The predicted octanol–water partition coefficient (Wildman–Crippen LogP) is 3.22. The molecule has 0 aliphatic rings. The van der Waals surface area contributed by atoms with E-state index >= 15 is 0 Å². The highest BCUT2D eigenvalue weighted by molar-refractivity contribution is 9.10. The Morgan fingerprint density at radius 2 is 2.13 bits per heavy atom. The Morgan fingerprint density at radius 3 is 2.73 bits per heavy atom. The first-order chi connectivity index (χ1) is 7.07. The van der Waals surface area contributed by atoms with Crippen LogP contribution in [0.25, 0.3) is 0 Å². The van der Waals surface area contributed by atoms with E-state index in [1.54, 1.807) is 4.90 Å². The first-order valence-electron chi connectivity index (χ1n) is 4.64. The van der Waals surface area contributed by atoms with Crippen LogP contribution in [0.1, 0.15) is 15.9 Å². The molecule has 82 valence electrons. The van der Waals surface area contributed by atoms with Crippen molar-refractivity contribution in [3.63, 3.8) is 0 Å². The maximum absolute atomic E-state index is 12.0. The molecule has 1 amide bonds. The van der Waals surface area contributed by atoms with Gasteiger partial charge in [-0.3, -0.25) is 4.79 Å². The lowest BCUT2D eigenvalue weighted by molar-refractivity contribution is 0.0803. The largest absolute Gasteiger partial charge is 0.341 e. The number of amides is 1. The molecule has 0 aliphatic heterocycles. The fraction of sp³-hybridized carbons (Fsp3) is 0.364. The Balaban J connectivity index is 2.96. The van der Waals surface area contributed by atoms with Gasteiger partial charge in [0, 0.05) is 29.0 Å². The minimum atomic E-state index is 0.0632. The number of halogens is 2. The van der Waals surface area contributed by atoms with Crippen LogP contribution in [0.4, 0.5) is 0 Å². The van der Waals surface area contributed by atoms with Crippen molar-refractivity contribution in [2.45, 2.75) is 6.92 Å². The van der Waals surface area contributed by atoms with E-state index in [0.29, 0.717) is 6.54 Å². The summed E-state index contributed by atoms with van der Waals surface area (Å²) in [6.45, 7) is 2.66. The molecule has 1 aromatic carbocycles. The van der Waals surface area contributed by atoms with Gasteiger partial charge in [-0.25, -0.2) is 0 Å². The van der Waals surface area contributed by atoms with Crippen LogP contribution in [0.5, 0.6) is 0 Å². The molecule has 0 spiro atoms. The third-order valence-electron chi connectivity index (χ3n) is 2.26. The second-order valence-corrected chi connectivity index (χ2v) is 4.98. The van der Waals surface area contributed by atoms with Gasteiger partial charge in [-0.1, -0.05) is 37.9 Å². The predicted molar refractivity (Wildman–Crippen MR) is 69.6 cm³/mol. The van der Waals surface area contributed by atoms with Crippen molar-refractivity contribution in [3.8, 4) is 0 Å².